The summed E-state index contributed by atoms with van der Waals surface area (Å²) in [5.41, 5.74) is 6.22. The maximum atomic E-state index is 12.1. The third-order valence-electron chi connectivity index (χ3n) is 3.85. The van der Waals surface area contributed by atoms with Crippen molar-refractivity contribution in [1.82, 2.24) is 10.3 Å². The summed E-state index contributed by atoms with van der Waals surface area (Å²) >= 11 is 0. The average Bonchev–Trinajstić information content (AvgIpc) is 2.92. The van der Waals surface area contributed by atoms with Crippen LogP contribution in [-0.4, -0.2) is 31.1 Å². The number of ether oxygens (including phenoxy) is 1. The molecule has 104 valence electrons. The van der Waals surface area contributed by atoms with E-state index in [0.717, 1.165) is 6.42 Å². The summed E-state index contributed by atoms with van der Waals surface area (Å²) in [6, 6.07) is 3.45. The van der Waals surface area contributed by atoms with Crippen molar-refractivity contribution in [3.63, 3.8) is 0 Å². The molecule has 0 spiro atoms. The largest absolute Gasteiger partial charge is 0.480 e. The van der Waals surface area contributed by atoms with Gasteiger partial charge in [0.15, 0.2) is 0 Å². The molecule has 0 saturated heterocycles. The molecule has 5 heteroatoms. The zero-order valence-electron chi connectivity index (χ0n) is 11.3. The van der Waals surface area contributed by atoms with Gasteiger partial charge in [0.05, 0.1) is 7.11 Å². The van der Waals surface area contributed by atoms with Gasteiger partial charge in [0.1, 0.15) is 5.56 Å². The lowest BCUT2D eigenvalue weighted by molar-refractivity contribution is 0.0940. The summed E-state index contributed by atoms with van der Waals surface area (Å²) in [4.78, 5) is 16.1. The maximum Gasteiger partial charge on any atom is 0.256 e. The first-order valence-electron chi connectivity index (χ1n) is 6.73. The molecule has 1 aliphatic rings. The monoisotopic (exact) mass is 263 g/mol. The first-order chi connectivity index (χ1) is 9.26. The van der Waals surface area contributed by atoms with Crippen LogP contribution in [0.3, 0.4) is 0 Å². The Morgan fingerprint density at radius 1 is 1.53 bits per heavy atom. The Hall–Kier alpha value is -1.62. The van der Waals surface area contributed by atoms with E-state index in [1.54, 1.807) is 18.3 Å². The van der Waals surface area contributed by atoms with Crippen LogP contribution in [0.4, 0.5) is 0 Å². The molecule has 0 aliphatic heterocycles. The molecule has 1 heterocycles. The number of pyridine rings is 1. The predicted molar refractivity (Wildman–Crippen MR) is 73.0 cm³/mol. The highest BCUT2D eigenvalue weighted by Crippen LogP contribution is 2.30. The molecular weight excluding hydrogens is 242 g/mol. The molecule has 1 aliphatic carbocycles. The quantitative estimate of drug-likeness (QED) is 0.836. The minimum atomic E-state index is -0.132. The number of hydrogen-bond acceptors (Lipinski definition) is 4. The molecule has 1 aromatic rings. The zero-order valence-corrected chi connectivity index (χ0v) is 11.3. The molecule has 0 radical (unpaired) electrons. The highest BCUT2D eigenvalue weighted by molar-refractivity contribution is 5.96. The molecule has 1 fully saturated rings. The second-order valence-electron chi connectivity index (χ2n) is 4.96. The van der Waals surface area contributed by atoms with Gasteiger partial charge in [0.2, 0.25) is 5.88 Å². The Kier molecular flexibility index (Phi) is 4.74. The van der Waals surface area contributed by atoms with Gasteiger partial charge in [-0.3, -0.25) is 4.79 Å². The summed E-state index contributed by atoms with van der Waals surface area (Å²) < 4.78 is 5.09. The molecule has 0 bridgehead atoms. The number of nitrogens with zero attached hydrogens (tertiary/aromatic N) is 1. The van der Waals surface area contributed by atoms with Crippen LogP contribution < -0.4 is 15.8 Å². The van der Waals surface area contributed by atoms with Crippen LogP contribution in [0.25, 0.3) is 0 Å². The highest BCUT2D eigenvalue weighted by atomic mass is 16.5. The topological polar surface area (TPSA) is 77.2 Å². The molecule has 1 amide bonds. The van der Waals surface area contributed by atoms with Crippen LogP contribution in [-0.2, 0) is 0 Å². The Morgan fingerprint density at radius 3 is 3.05 bits per heavy atom. The first kappa shape index (κ1) is 13.8. The van der Waals surface area contributed by atoms with Gasteiger partial charge in [-0.25, -0.2) is 4.98 Å². The van der Waals surface area contributed by atoms with Crippen LogP contribution in [0.2, 0.25) is 0 Å². The van der Waals surface area contributed by atoms with Crippen molar-refractivity contribution in [3.05, 3.63) is 23.9 Å². The van der Waals surface area contributed by atoms with Crippen molar-refractivity contribution in [2.45, 2.75) is 19.3 Å². The number of hydrogen-bond donors (Lipinski definition) is 2. The first-order valence-corrected chi connectivity index (χ1v) is 6.73. The van der Waals surface area contributed by atoms with Gasteiger partial charge in [-0.15, -0.1) is 0 Å². The summed E-state index contributed by atoms with van der Waals surface area (Å²) in [5, 5.41) is 2.97. The van der Waals surface area contributed by atoms with Gasteiger partial charge in [0.25, 0.3) is 5.91 Å². The standard InChI is InChI=1S/C14H21N3O2/c1-19-14-12(6-3-7-16-14)13(18)17-9-11-5-2-4-10(11)8-15/h3,6-7,10-11H,2,4-5,8-9,15H2,1H3,(H,17,18). The Labute approximate surface area is 113 Å². The van der Waals surface area contributed by atoms with Crippen molar-refractivity contribution < 1.29 is 9.53 Å². The number of amides is 1. The molecule has 2 unspecified atom stereocenters. The Bertz CT molecular complexity index is 436. The molecule has 1 aromatic heterocycles. The zero-order chi connectivity index (χ0) is 13.7. The van der Waals surface area contributed by atoms with Crippen molar-refractivity contribution in [2.75, 3.05) is 20.2 Å². The van der Waals surface area contributed by atoms with Crippen LogP contribution in [0.15, 0.2) is 18.3 Å². The normalized spacial score (nSPS) is 22.2. The SMILES string of the molecule is COc1ncccc1C(=O)NCC1CCCC1CN. The molecule has 2 rings (SSSR count). The average molecular weight is 263 g/mol. The summed E-state index contributed by atoms with van der Waals surface area (Å²) in [5.74, 6) is 1.27. The molecular formula is C14H21N3O2. The van der Waals surface area contributed by atoms with E-state index in [-0.39, 0.29) is 5.91 Å². The Balaban J connectivity index is 1.94. The lowest BCUT2D eigenvalue weighted by Gasteiger charge is -2.18. The van der Waals surface area contributed by atoms with E-state index in [1.807, 2.05) is 0 Å². The second-order valence-corrected chi connectivity index (χ2v) is 4.96. The minimum Gasteiger partial charge on any atom is -0.480 e. The number of methoxy groups -OCH3 is 1. The number of rotatable bonds is 5. The van der Waals surface area contributed by atoms with Gasteiger partial charge in [-0.2, -0.15) is 0 Å². The highest BCUT2D eigenvalue weighted by Gasteiger charge is 2.26. The fourth-order valence-corrected chi connectivity index (χ4v) is 2.74. The van der Waals surface area contributed by atoms with Crippen LogP contribution in [0.5, 0.6) is 5.88 Å². The molecule has 1 saturated carbocycles. The number of aromatic nitrogens is 1. The summed E-state index contributed by atoms with van der Waals surface area (Å²) in [7, 11) is 1.51. The van der Waals surface area contributed by atoms with E-state index in [9.17, 15) is 4.79 Å². The van der Waals surface area contributed by atoms with E-state index in [0.29, 0.717) is 36.4 Å². The van der Waals surface area contributed by atoms with E-state index in [4.69, 9.17) is 10.5 Å². The molecule has 3 N–H and O–H groups in total. The van der Waals surface area contributed by atoms with E-state index >= 15 is 0 Å². The predicted octanol–water partition coefficient (Wildman–Crippen LogP) is 1.19. The van der Waals surface area contributed by atoms with Crippen LogP contribution in [0, 0.1) is 11.8 Å². The third-order valence-corrected chi connectivity index (χ3v) is 3.85. The van der Waals surface area contributed by atoms with Gasteiger partial charge >= 0.3 is 0 Å². The Morgan fingerprint density at radius 2 is 2.32 bits per heavy atom. The molecule has 2 atom stereocenters. The second kappa shape index (κ2) is 6.52. The maximum absolute atomic E-state index is 12.1. The molecule has 5 nitrogen and oxygen atoms in total. The number of carbonyl (C=O) groups excluding carboxylic acids is 1. The van der Waals surface area contributed by atoms with Gasteiger partial charge < -0.3 is 15.8 Å². The summed E-state index contributed by atoms with van der Waals surface area (Å²) in [6.07, 6.45) is 5.13. The van der Waals surface area contributed by atoms with Crippen LogP contribution in [0.1, 0.15) is 29.6 Å². The van der Waals surface area contributed by atoms with Gasteiger partial charge in [-0.1, -0.05) is 6.42 Å². The minimum absolute atomic E-state index is 0.132. The van der Waals surface area contributed by atoms with Crippen molar-refractivity contribution in [2.24, 2.45) is 17.6 Å². The summed E-state index contributed by atoms with van der Waals surface area (Å²) in [6.45, 7) is 1.38. The van der Waals surface area contributed by atoms with Crippen molar-refractivity contribution >= 4 is 5.91 Å². The third kappa shape index (κ3) is 3.23. The fourth-order valence-electron chi connectivity index (χ4n) is 2.74. The van der Waals surface area contributed by atoms with Gasteiger partial charge in [-0.05, 0) is 43.4 Å². The smallest absolute Gasteiger partial charge is 0.256 e. The number of nitrogens with two attached hydrogens (primary N) is 1. The lowest BCUT2D eigenvalue weighted by atomic mass is 9.96. The molecule has 0 aromatic carbocycles. The molecule has 19 heavy (non-hydrogen) atoms. The number of nitrogens with one attached hydrogen (secondary N) is 1. The van der Waals surface area contributed by atoms with E-state index < -0.39 is 0 Å². The van der Waals surface area contributed by atoms with E-state index in [1.165, 1.54) is 20.0 Å². The lowest BCUT2D eigenvalue weighted by Crippen LogP contribution is -2.33. The van der Waals surface area contributed by atoms with E-state index in [2.05, 4.69) is 10.3 Å². The fraction of sp³-hybridized carbons (Fsp3) is 0.571. The van der Waals surface area contributed by atoms with Crippen LogP contribution >= 0.6 is 0 Å². The van der Waals surface area contributed by atoms with Crippen molar-refractivity contribution in [1.29, 1.82) is 0 Å². The van der Waals surface area contributed by atoms with Gasteiger partial charge in [0, 0.05) is 12.7 Å². The number of carbonyl (C=O) groups is 1. The van der Waals surface area contributed by atoms with Crippen molar-refractivity contribution in [3.8, 4) is 5.88 Å².